The zero-order chi connectivity index (χ0) is 47.3. The fraction of sp³-hybridized carbons (Fsp3) is 0.759. The van der Waals surface area contributed by atoms with Crippen molar-refractivity contribution in [2.75, 3.05) is 20.8 Å². The first-order valence-corrected chi connectivity index (χ1v) is 25.2. The molecule has 66 heavy (non-hydrogen) atoms. The Morgan fingerprint density at radius 1 is 0.879 bits per heavy atom. The molecule has 0 radical (unpaired) electrons. The van der Waals surface area contributed by atoms with E-state index in [0.29, 0.717) is 32.0 Å². The summed E-state index contributed by atoms with van der Waals surface area (Å²) in [4.78, 5) is 12.3. The molecule has 6 aliphatic heterocycles. The molecule has 0 aromatic heterocycles. The Morgan fingerprint density at radius 3 is 2.26 bits per heavy atom. The van der Waals surface area contributed by atoms with Gasteiger partial charge < -0.3 is 52.5 Å². The number of carbonyl (C=O) groups is 1. The summed E-state index contributed by atoms with van der Waals surface area (Å²) in [5, 5.41) is 10.1. The van der Waals surface area contributed by atoms with Gasteiger partial charge in [0.25, 0.3) is 0 Å². The Hall–Kier alpha value is -2.65. The van der Waals surface area contributed by atoms with Gasteiger partial charge in [0, 0.05) is 43.3 Å². The number of aliphatic carboxylic acids is 1. The summed E-state index contributed by atoms with van der Waals surface area (Å²) in [7, 11) is 3.26. The van der Waals surface area contributed by atoms with Crippen molar-refractivity contribution in [3.63, 3.8) is 0 Å². The molecule has 6 fully saturated rings. The highest BCUT2D eigenvalue weighted by atomic mass is 16.8. The number of carboxylic acid groups (broad SMARTS) is 1. The standard InChI is InChI=1S/C54H80O12/c1-13-52(48-33(5)27-42(61-48)45-32(4)26-34(6)54(64-45)30-60-50(65-54)40-18-20-41(57-11)21-19-40)23-22-44(62-52)51(10)24-25-53(66-51)28-43(59-29-38-14-16-39(17-15-38)31(2)3)35(7)47(63-53)36(8)46(58-12)37(9)49(55)56/h14-21,31-37,42-48,50H,13,22-30H2,1-12H3,(H,55,56)/t32-,33-,34+,35+,36-,37-,42+,43-,44+,45-,46+,47-,48+,50?,51-,52-,53+,54+/m0/s1. The molecule has 2 spiro atoms. The molecule has 368 valence electrons. The smallest absolute Gasteiger partial charge is 0.308 e. The molecular weight excluding hydrogens is 841 g/mol. The van der Waals surface area contributed by atoms with E-state index in [1.807, 2.05) is 31.2 Å². The molecule has 12 heteroatoms. The largest absolute Gasteiger partial charge is 0.497 e. The number of hydrogen-bond acceptors (Lipinski definition) is 11. The zero-order valence-corrected chi connectivity index (χ0v) is 41.8. The Morgan fingerprint density at radius 2 is 1.61 bits per heavy atom. The van der Waals surface area contributed by atoms with E-state index < -0.39 is 47.1 Å². The van der Waals surface area contributed by atoms with Crippen molar-refractivity contribution in [1.29, 1.82) is 0 Å². The van der Waals surface area contributed by atoms with Crippen LogP contribution in [0, 0.1) is 35.5 Å². The molecule has 1 unspecified atom stereocenters. The van der Waals surface area contributed by atoms with Gasteiger partial charge in [-0.05, 0) is 93.4 Å². The maximum Gasteiger partial charge on any atom is 0.308 e. The number of rotatable bonds is 15. The molecule has 18 atom stereocenters. The Kier molecular flexibility index (Phi) is 14.8. The van der Waals surface area contributed by atoms with Gasteiger partial charge in [-0.2, -0.15) is 0 Å². The van der Waals surface area contributed by atoms with Crippen LogP contribution in [-0.2, 0) is 54.0 Å². The summed E-state index contributed by atoms with van der Waals surface area (Å²) >= 11 is 0. The van der Waals surface area contributed by atoms with Gasteiger partial charge in [-0.15, -0.1) is 0 Å². The lowest BCUT2D eigenvalue weighted by molar-refractivity contribution is -0.339. The number of carboxylic acids is 1. The first-order chi connectivity index (χ1) is 31.4. The van der Waals surface area contributed by atoms with Crippen LogP contribution in [0.1, 0.15) is 150 Å². The van der Waals surface area contributed by atoms with Crippen LogP contribution in [0.25, 0.3) is 0 Å². The van der Waals surface area contributed by atoms with E-state index in [1.54, 1.807) is 21.1 Å². The molecule has 0 aliphatic carbocycles. The van der Waals surface area contributed by atoms with Crippen molar-refractivity contribution in [3.05, 3.63) is 65.2 Å². The van der Waals surface area contributed by atoms with Crippen molar-refractivity contribution < 1.29 is 57.3 Å². The van der Waals surface area contributed by atoms with E-state index in [4.69, 9.17) is 47.4 Å². The second-order valence-electron chi connectivity index (χ2n) is 21.8. The lowest BCUT2D eigenvalue weighted by atomic mass is 9.78. The summed E-state index contributed by atoms with van der Waals surface area (Å²) in [6.07, 6.45) is 4.16. The second kappa shape index (κ2) is 19.6. The summed E-state index contributed by atoms with van der Waals surface area (Å²) in [6.45, 7) is 22.3. The van der Waals surface area contributed by atoms with Crippen LogP contribution < -0.4 is 4.74 Å². The number of methoxy groups -OCH3 is 2. The van der Waals surface area contributed by atoms with Crippen LogP contribution >= 0.6 is 0 Å². The molecule has 12 nitrogen and oxygen atoms in total. The Bertz CT molecular complexity index is 1940. The van der Waals surface area contributed by atoms with Gasteiger partial charge in [0.05, 0.1) is 73.6 Å². The Balaban J connectivity index is 0.964. The van der Waals surface area contributed by atoms with Crippen LogP contribution in [0.4, 0.5) is 0 Å². The SMILES string of the molecule is CC[C@@]1([C@@H]2O[C@@H]([C@H]3O[C@@]4(COC(c5ccc(OC)cc5)O4)[C@H](C)C[C@@H]3C)C[C@@H]2C)CC[C@H]([C@]2(C)CC[C@]3(C[C@H](OCc4ccc(C(C)C)cc4)[C@@H](C)[C@@H]([C@@H](C)[C@@H](OC)[C@H](C)C(=O)O)O3)O2)O1. The van der Waals surface area contributed by atoms with Crippen molar-refractivity contribution in [2.45, 2.75) is 205 Å². The summed E-state index contributed by atoms with van der Waals surface area (Å²) < 4.78 is 67.3. The highest BCUT2D eigenvalue weighted by Crippen LogP contribution is 2.56. The molecule has 0 amide bonds. The van der Waals surface area contributed by atoms with Crippen LogP contribution in [0.5, 0.6) is 5.75 Å². The third-order valence-electron chi connectivity index (χ3n) is 17.0. The van der Waals surface area contributed by atoms with Gasteiger partial charge in [-0.1, -0.05) is 91.8 Å². The quantitative estimate of drug-likeness (QED) is 0.183. The normalized spacial score (nSPS) is 41.7. The first-order valence-electron chi connectivity index (χ1n) is 25.2. The van der Waals surface area contributed by atoms with E-state index in [1.165, 1.54) is 5.56 Å². The molecule has 8 rings (SSSR count). The predicted molar refractivity (Wildman–Crippen MR) is 249 cm³/mol. The van der Waals surface area contributed by atoms with Gasteiger partial charge in [0.1, 0.15) is 12.4 Å². The monoisotopic (exact) mass is 921 g/mol. The van der Waals surface area contributed by atoms with E-state index >= 15 is 0 Å². The molecule has 6 heterocycles. The van der Waals surface area contributed by atoms with Crippen LogP contribution in [0.3, 0.4) is 0 Å². The third-order valence-corrected chi connectivity index (χ3v) is 17.0. The van der Waals surface area contributed by atoms with Crippen LogP contribution in [-0.4, -0.2) is 97.4 Å². The highest BCUT2D eigenvalue weighted by molar-refractivity contribution is 5.70. The van der Waals surface area contributed by atoms with Gasteiger partial charge in [0.2, 0.25) is 0 Å². The number of ether oxygens (including phenoxy) is 10. The summed E-state index contributed by atoms with van der Waals surface area (Å²) in [5.74, 6) is -1.78. The van der Waals surface area contributed by atoms with E-state index in [-0.39, 0.29) is 66.2 Å². The molecule has 1 N–H and O–H groups in total. The fourth-order valence-electron chi connectivity index (χ4n) is 12.8. The van der Waals surface area contributed by atoms with Crippen molar-refractivity contribution in [2.24, 2.45) is 35.5 Å². The molecule has 6 saturated heterocycles. The van der Waals surface area contributed by atoms with Gasteiger partial charge in [-0.3, -0.25) is 4.79 Å². The van der Waals surface area contributed by atoms with E-state index in [9.17, 15) is 9.90 Å². The maximum absolute atomic E-state index is 12.3. The third kappa shape index (κ3) is 9.50. The van der Waals surface area contributed by atoms with E-state index in [2.05, 4.69) is 79.7 Å². The van der Waals surface area contributed by atoms with Gasteiger partial charge >= 0.3 is 5.97 Å². The molecule has 0 saturated carbocycles. The lowest BCUT2D eigenvalue weighted by Crippen LogP contribution is -2.57. The number of hydrogen-bond donors (Lipinski definition) is 1. The maximum atomic E-state index is 12.3. The average Bonchev–Trinajstić information content (AvgIpc) is 4.11. The number of benzene rings is 2. The minimum absolute atomic E-state index is 0.0456. The van der Waals surface area contributed by atoms with Crippen molar-refractivity contribution in [3.8, 4) is 5.75 Å². The van der Waals surface area contributed by atoms with Gasteiger partial charge in [0.15, 0.2) is 17.9 Å². The molecule has 0 bridgehead atoms. The van der Waals surface area contributed by atoms with Crippen LogP contribution in [0.2, 0.25) is 0 Å². The molecular formula is C54H80O12. The summed E-state index contributed by atoms with van der Waals surface area (Å²) in [6, 6.07) is 16.5. The fourth-order valence-corrected chi connectivity index (χ4v) is 12.8. The first kappa shape index (κ1) is 49.8. The van der Waals surface area contributed by atoms with Crippen molar-refractivity contribution in [1.82, 2.24) is 0 Å². The molecule has 6 aliphatic rings. The minimum Gasteiger partial charge on any atom is -0.497 e. The second-order valence-corrected chi connectivity index (χ2v) is 21.8. The Labute approximate surface area is 394 Å². The molecule has 2 aromatic rings. The summed E-state index contributed by atoms with van der Waals surface area (Å²) in [5.41, 5.74) is 2.24. The average molecular weight is 921 g/mol. The van der Waals surface area contributed by atoms with Crippen molar-refractivity contribution >= 4 is 5.97 Å². The topological polar surface area (TPSA) is 130 Å². The lowest BCUT2D eigenvalue weighted by Gasteiger charge is -2.50. The predicted octanol–water partition coefficient (Wildman–Crippen LogP) is 10.4. The minimum atomic E-state index is -0.930. The zero-order valence-electron chi connectivity index (χ0n) is 41.8. The molecule has 2 aromatic carbocycles. The van der Waals surface area contributed by atoms with E-state index in [0.717, 1.165) is 55.4 Å². The van der Waals surface area contributed by atoms with Gasteiger partial charge in [-0.25, -0.2) is 0 Å². The highest BCUT2D eigenvalue weighted by Gasteiger charge is 2.63. The van der Waals surface area contributed by atoms with Crippen LogP contribution in [0.15, 0.2) is 48.5 Å².